The Balaban J connectivity index is 1.89. The van der Waals surface area contributed by atoms with Gasteiger partial charge in [-0.3, -0.25) is 4.68 Å². The number of thiophene rings is 1. The van der Waals surface area contributed by atoms with E-state index in [-0.39, 0.29) is 6.54 Å². The number of hydrogen-bond acceptors (Lipinski definition) is 4. The Morgan fingerprint density at radius 2 is 2.00 bits per heavy atom. The van der Waals surface area contributed by atoms with E-state index in [1.54, 1.807) is 6.07 Å². The quantitative estimate of drug-likeness (QED) is 0.730. The van der Waals surface area contributed by atoms with E-state index in [0.29, 0.717) is 11.4 Å². The summed E-state index contributed by atoms with van der Waals surface area (Å²) < 4.78 is 40.4. The van der Waals surface area contributed by atoms with Gasteiger partial charge in [-0.15, -0.1) is 11.3 Å². The molecule has 0 spiro atoms. The zero-order valence-electron chi connectivity index (χ0n) is 14.8. The highest BCUT2D eigenvalue weighted by atomic mass is 32.1. The third-order valence-electron chi connectivity index (χ3n) is 4.65. The van der Waals surface area contributed by atoms with Crippen LogP contribution >= 0.6 is 11.3 Å². The van der Waals surface area contributed by atoms with Crippen molar-refractivity contribution in [3.05, 3.63) is 35.0 Å². The first kappa shape index (κ1) is 18.3. The third kappa shape index (κ3) is 3.56. The Hall–Kier alpha value is -1.51. The number of hydrogen-bond donors (Lipinski definition) is 0. The lowest BCUT2D eigenvalue weighted by atomic mass is 9.87. The molecule has 2 aromatic rings. The molecule has 1 aliphatic rings. The van der Waals surface area contributed by atoms with E-state index in [1.165, 1.54) is 22.1 Å². The molecule has 0 atom stereocenters. The maximum absolute atomic E-state index is 14.7. The van der Waals surface area contributed by atoms with Crippen LogP contribution in [0.15, 0.2) is 29.3 Å². The molecule has 4 nitrogen and oxygen atoms in total. The molecule has 1 aliphatic heterocycles. The van der Waals surface area contributed by atoms with Gasteiger partial charge in [-0.25, -0.2) is 8.78 Å². The Morgan fingerprint density at radius 3 is 2.56 bits per heavy atom. The summed E-state index contributed by atoms with van der Waals surface area (Å²) in [5.41, 5.74) is -0.630. The third-order valence-corrected chi connectivity index (χ3v) is 5.54. The predicted octanol–water partition coefficient (Wildman–Crippen LogP) is 4.52. The molecule has 3 rings (SSSR count). The Kier molecular flexibility index (Phi) is 4.87. The molecule has 8 heteroatoms. The van der Waals surface area contributed by atoms with E-state index in [1.807, 2.05) is 45.2 Å². The van der Waals surface area contributed by atoms with Gasteiger partial charge < -0.3 is 9.31 Å². The summed E-state index contributed by atoms with van der Waals surface area (Å²) in [6.45, 7) is 6.94. The van der Waals surface area contributed by atoms with Crippen LogP contribution < -0.4 is 0 Å². The molecule has 0 radical (unpaired) electrons. The van der Waals surface area contributed by atoms with Crippen molar-refractivity contribution in [1.82, 2.24) is 9.78 Å². The molecule has 25 heavy (non-hydrogen) atoms. The summed E-state index contributed by atoms with van der Waals surface area (Å²) in [4.78, 5) is 0.947. The van der Waals surface area contributed by atoms with Gasteiger partial charge in [0.05, 0.1) is 28.3 Å². The van der Waals surface area contributed by atoms with Gasteiger partial charge in [-0.2, -0.15) is 5.10 Å². The zero-order chi connectivity index (χ0) is 18.2. The number of aryl methyl sites for hydroxylation is 1. The van der Waals surface area contributed by atoms with Crippen molar-refractivity contribution in [2.24, 2.45) is 0 Å². The molecule has 0 unspecified atom stereocenters. The summed E-state index contributed by atoms with van der Waals surface area (Å²) in [5.74, 6) is 0. The van der Waals surface area contributed by atoms with Crippen LogP contribution in [0.5, 0.6) is 0 Å². The van der Waals surface area contributed by atoms with Crippen molar-refractivity contribution >= 4 is 24.5 Å². The van der Waals surface area contributed by atoms with Gasteiger partial charge in [0.25, 0.3) is 0 Å². The van der Waals surface area contributed by atoms with E-state index >= 15 is 0 Å². The smallest absolute Gasteiger partial charge is 0.398 e. The molecule has 0 aliphatic carbocycles. The predicted molar refractivity (Wildman–Crippen MR) is 96.7 cm³/mol. The van der Waals surface area contributed by atoms with Gasteiger partial charge in [-0.1, -0.05) is 6.07 Å². The molecule has 1 fully saturated rings. The first-order valence-corrected chi connectivity index (χ1v) is 9.02. The van der Waals surface area contributed by atoms with Gasteiger partial charge in [0, 0.05) is 0 Å². The summed E-state index contributed by atoms with van der Waals surface area (Å²) in [6.07, 6.45) is 1.31. The molecule has 3 heterocycles. The molecule has 0 N–H and O–H groups in total. The van der Waals surface area contributed by atoms with Crippen LogP contribution in [0.4, 0.5) is 8.78 Å². The molecule has 1 saturated heterocycles. The lowest BCUT2D eigenvalue weighted by Crippen LogP contribution is -2.41. The van der Waals surface area contributed by atoms with Gasteiger partial charge in [0.2, 0.25) is 0 Å². The molecule has 134 valence electrons. The molecule has 0 amide bonds. The summed E-state index contributed by atoms with van der Waals surface area (Å²) in [5, 5.41) is 6.31. The standard InChI is InChI=1S/C17H21BF2N2O2S/c1-16(2)17(3,4)24-18(23-16)15(20)11-12-10-13(14-6-5-9-25-14)21-22(12)8-7-19/h5-6,9-11H,7-8H2,1-4H3. The van der Waals surface area contributed by atoms with Crippen LogP contribution in [0, 0.1) is 0 Å². The van der Waals surface area contributed by atoms with Crippen molar-refractivity contribution in [2.45, 2.75) is 45.4 Å². The summed E-state index contributed by atoms with van der Waals surface area (Å²) >= 11 is 1.53. The molecular weight excluding hydrogens is 345 g/mol. The number of aromatic nitrogens is 2. The van der Waals surface area contributed by atoms with Crippen LogP contribution in [0.2, 0.25) is 0 Å². The molecule has 2 aromatic heterocycles. The van der Waals surface area contributed by atoms with Crippen molar-refractivity contribution < 1.29 is 18.1 Å². The number of alkyl halides is 1. The molecular formula is C17H21BF2N2O2S. The van der Waals surface area contributed by atoms with Crippen LogP contribution in [-0.4, -0.2) is 34.8 Å². The van der Waals surface area contributed by atoms with Gasteiger partial charge in [0.15, 0.2) is 0 Å². The van der Waals surface area contributed by atoms with Crippen LogP contribution in [0.3, 0.4) is 0 Å². The average molecular weight is 366 g/mol. The Morgan fingerprint density at radius 1 is 1.32 bits per heavy atom. The number of nitrogens with zero attached hydrogens (tertiary/aromatic N) is 2. The fourth-order valence-electron chi connectivity index (χ4n) is 2.52. The Bertz CT molecular complexity index is 756. The fourth-order valence-corrected chi connectivity index (χ4v) is 3.20. The monoisotopic (exact) mass is 366 g/mol. The molecule has 0 bridgehead atoms. The topological polar surface area (TPSA) is 36.3 Å². The second-order valence-corrected chi connectivity index (χ2v) is 7.91. The molecule has 0 saturated carbocycles. The molecule has 0 aromatic carbocycles. The summed E-state index contributed by atoms with van der Waals surface area (Å²) in [6, 6.07) is 5.58. The number of halogens is 2. The highest BCUT2D eigenvalue weighted by Gasteiger charge is 2.53. The second kappa shape index (κ2) is 6.66. The van der Waals surface area contributed by atoms with E-state index in [2.05, 4.69) is 5.10 Å². The minimum absolute atomic E-state index is 0.0633. The van der Waals surface area contributed by atoms with Crippen molar-refractivity contribution in [3.63, 3.8) is 0 Å². The highest BCUT2D eigenvalue weighted by Crippen LogP contribution is 2.39. The second-order valence-electron chi connectivity index (χ2n) is 6.96. The van der Waals surface area contributed by atoms with Crippen LogP contribution in [-0.2, 0) is 15.9 Å². The van der Waals surface area contributed by atoms with Crippen LogP contribution in [0.1, 0.15) is 33.4 Å². The van der Waals surface area contributed by atoms with Crippen molar-refractivity contribution in [3.8, 4) is 10.6 Å². The van der Waals surface area contributed by atoms with Gasteiger partial charge in [-0.05, 0) is 51.3 Å². The maximum Gasteiger partial charge on any atom is 0.525 e. The lowest BCUT2D eigenvalue weighted by Gasteiger charge is -2.32. The first-order chi connectivity index (χ1) is 11.7. The van der Waals surface area contributed by atoms with E-state index in [4.69, 9.17) is 9.31 Å². The minimum Gasteiger partial charge on any atom is -0.398 e. The minimum atomic E-state index is -1.08. The van der Waals surface area contributed by atoms with E-state index in [9.17, 15) is 8.78 Å². The van der Waals surface area contributed by atoms with Crippen molar-refractivity contribution in [2.75, 3.05) is 6.67 Å². The fraction of sp³-hybridized carbons (Fsp3) is 0.471. The van der Waals surface area contributed by atoms with E-state index in [0.717, 1.165) is 4.88 Å². The normalized spacial score (nSPS) is 19.6. The highest BCUT2D eigenvalue weighted by molar-refractivity contribution is 7.13. The zero-order valence-corrected chi connectivity index (χ0v) is 15.6. The number of rotatable bonds is 5. The van der Waals surface area contributed by atoms with Crippen LogP contribution in [0.25, 0.3) is 16.6 Å². The SMILES string of the molecule is CC1(C)OB(C(F)=Cc2cc(-c3cccs3)nn2CCF)OC1(C)C. The Labute approximate surface area is 150 Å². The largest absolute Gasteiger partial charge is 0.525 e. The van der Waals surface area contributed by atoms with E-state index < -0.39 is 30.7 Å². The van der Waals surface area contributed by atoms with Crippen molar-refractivity contribution in [1.29, 1.82) is 0 Å². The van der Waals surface area contributed by atoms with Gasteiger partial charge in [0.1, 0.15) is 18.1 Å². The first-order valence-electron chi connectivity index (χ1n) is 8.14. The maximum atomic E-state index is 14.7. The average Bonchev–Trinajstić information content (AvgIpc) is 3.20. The van der Waals surface area contributed by atoms with Gasteiger partial charge >= 0.3 is 7.12 Å². The summed E-state index contributed by atoms with van der Waals surface area (Å²) in [7, 11) is -1.08. The lowest BCUT2D eigenvalue weighted by molar-refractivity contribution is 0.00578.